The molecule has 0 aromatic rings. The van der Waals surface area contributed by atoms with Gasteiger partial charge in [0.15, 0.2) is 0 Å². The molecule has 0 heterocycles. The zero-order valence-electron chi connectivity index (χ0n) is 4.21. The highest BCUT2D eigenvalue weighted by Crippen LogP contribution is 1.49. The molecular weight excluding hydrogens is 114 g/mol. The van der Waals surface area contributed by atoms with Crippen molar-refractivity contribution in [1.29, 1.82) is 0 Å². The van der Waals surface area contributed by atoms with Crippen molar-refractivity contribution in [2.24, 2.45) is 0 Å². The minimum Gasteiger partial charge on any atom is -0.435 e. The second-order valence-corrected chi connectivity index (χ2v) is 1.24. The smallest absolute Gasteiger partial charge is 0.435 e. The predicted molar refractivity (Wildman–Crippen MR) is 22.9 cm³/mol. The first kappa shape index (κ1) is 6.90. The first-order chi connectivity index (χ1) is 3.55. The van der Waals surface area contributed by atoms with Crippen LogP contribution >= 0.6 is 0 Å². The zero-order chi connectivity index (χ0) is 6.73. The molecule has 5 heteroatoms. The van der Waals surface area contributed by atoms with Gasteiger partial charge in [0, 0.05) is 0 Å². The molecule has 5 nitrogen and oxygen atoms in total. The molecule has 0 atom stereocenters. The van der Waals surface area contributed by atoms with Crippen LogP contribution in [0.15, 0.2) is 0 Å². The molecule has 0 rings (SSSR count). The fraction of sp³-hybridized carbons (Fsp3) is 0.333. The molecule has 0 bridgehead atoms. The number of amides is 2. The topological polar surface area (TPSA) is 79.0 Å². The van der Waals surface area contributed by atoms with Gasteiger partial charge < -0.3 is 10.2 Å². The van der Waals surface area contributed by atoms with Crippen LogP contribution < -0.4 is 4.90 Å². The van der Waals surface area contributed by atoms with Crippen LogP contribution in [-0.2, 0) is 0 Å². The Morgan fingerprint density at radius 2 is 1.50 bits per heavy atom. The van der Waals surface area contributed by atoms with E-state index in [1.807, 2.05) is 0 Å². The molecule has 3 N–H and O–H groups in total. The maximum atomic E-state index is 9.72. The molecule has 0 unspecified atom stereocenters. The lowest BCUT2D eigenvalue weighted by Gasteiger charge is -1.94. The maximum Gasteiger partial charge on any atom is 0.522 e. The second-order valence-electron chi connectivity index (χ2n) is 1.24. The summed E-state index contributed by atoms with van der Waals surface area (Å²) in [5.74, 6) is 0. The second kappa shape index (κ2) is 2.27. The third kappa shape index (κ3) is 1.57. The molecule has 0 saturated carbocycles. The lowest BCUT2D eigenvalue weighted by molar-refractivity contribution is -0.719. The van der Waals surface area contributed by atoms with E-state index in [2.05, 4.69) is 0 Å². The van der Waals surface area contributed by atoms with Gasteiger partial charge in [0.1, 0.15) is 0 Å². The monoisotopic (exact) mass is 120 g/mol. The van der Waals surface area contributed by atoms with Crippen molar-refractivity contribution in [3.63, 3.8) is 0 Å². The van der Waals surface area contributed by atoms with E-state index in [0.29, 0.717) is 0 Å². The van der Waals surface area contributed by atoms with E-state index in [0.717, 1.165) is 7.05 Å². The van der Waals surface area contributed by atoms with Crippen molar-refractivity contribution in [2.75, 3.05) is 7.05 Å². The summed E-state index contributed by atoms with van der Waals surface area (Å²) in [6.07, 6.45) is -2.78. The normalized spacial score (nSPS) is 9.25. The van der Waals surface area contributed by atoms with Gasteiger partial charge in [-0.15, -0.1) is 4.90 Å². The van der Waals surface area contributed by atoms with Crippen LogP contribution in [0.2, 0.25) is 0 Å². The third-order valence-electron chi connectivity index (χ3n) is 0.642. The van der Waals surface area contributed by atoms with Crippen molar-refractivity contribution in [3.05, 3.63) is 0 Å². The Bertz CT molecular complexity index is 106. The van der Waals surface area contributed by atoms with Crippen LogP contribution in [0.5, 0.6) is 0 Å². The molecule has 0 aliphatic rings. The van der Waals surface area contributed by atoms with Crippen LogP contribution in [-0.4, -0.2) is 29.4 Å². The summed E-state index contributed by atoms with van der Waals surface area (Å²) in [6.45, 7) is 0. The van der Waals surface area contributed by atoms with Crippen LogP contribution in [0.1, 0.15) is 0 Å². The lowest BCUT2D eigenvalue weighted by atomic mass is 10.9. The van der Waals surface area contributed by atoms with E-state index in [1.165, 1.54) is 0 Å². The fourth-order valence-electron chi connectivity index (χ4n) is 0.0915. The van der Waals surface area contributed by atoms with E-state index in [-0.39, 0.29) is 0 Å². The average Bonchev–Trinajstić information content (AvgIpc) is 1.64. The summed E-state index contributed by atoms with van der Waals surface area (Å²) in [6, 6.07) is 0. The Balaban J connectivity index is 3.83. The molecule has 0 aromatic carbocycles. The summed E-state index contributed by atoms with van der Waals surface area (Å²) in [5.41, 5.74) is 0. The molecule has 0 aromatic heterocycles. The van der Waals surface area contributed by atoms with Gasteiger partial charge in [-0.1, -0.05) is 0 Å². The molecular formula is C3H6NO4+. The molecule has 0 fully saturated rings. The standard InChI is InChI=1S/C3H5NO4/c1-4(2(5)6)3(7)8/h1H3,(H,5,6)(H,7,8)/p+1. The van der Waals surface area contributed by atoms with Crippen LogP contribution in [0.3, 0.4) is 0 Å². The predicted octanol–water partition coefficient (Wildman–Crippen LogP) is -1.14. The molecule has 0 saturated heterocycles. The number of quaternary nitrogens is 1. The lowest BCUT2D eigenvalue weighted by Crippen LogP contribution is -3.13. The first-order valence-electron chi connectivity index (χ1n) is 1.86. The van der Waals surface area contributed by atoms with Crippen molar-refractivity contribution in [2.45, 2.75) is 0 Å². The Kier molecular flexibility index (Phi) is 1.96. The molecule has 0 spiro atoms. The number of hydrogen-bond acceptors (Lipinski definition) is 2. The Hall–Kier alpha value is -1.10. The van der Waals surface area contributed by atoms with Crippen molar-refractivity contribution in [1.82, 2.24) is 0 Å². The molecule has 2 amide bonds. The van der Waals surface area contributed by atoms with Crippen LogP contribution in [0.25, 0.3) is 0 Å². The number of hydrogen-bond donors (Lipinski definition) is 3. The number of imide groups is 1. The Morgan fingerprint density at radius 3 is 1.50 bits per heavy atom. The molecule has 8 heavy (non-hydrogen) atoms. The largest absolute Gasteiger partial charge is 0.522 e. The summed E-state index contributed by atoms with van der Waals surface area (Å²) < 4.78 is 0. The van der Waals surface area contributed by atoms with Gasteiger partial charge in [0.2, 0.25) is 0 Å². The van der Waals surface area contributed by atoms with Crippen LogP contribution in [0.4, 0.5) is 9.59 Å². The highest BCUT2D eigenvalue weighted by molar-refractivity contribution is 5.68. The Labute approximate surface area is 45.1 Å². The molecule has 0 radical (unpaired) electrons. The van der Waals surface area contributed by atoms with Crippen molar-refractivity contribution >= 4 is 12.2 Å². The van der Waals surface area contributed by atoms with Gasteiger partial charge in [-0.3, -0.25) is 0 Å². The fourth-order valence-corrected chi connectivity index (χ4v) is 0.0915. The minimum atomic E-state index is -1.39. The summed E-state index contributed by atoms with van der Waals surface area (Å²) >= 11 is 0. The van der Waals surface area contributed by atoms with E-state index in [4.69, 9.17) is 10.2 Å². The van der Waals surface area contributed by atoms with Gasteiger partial charge in [-0.2, -0.15) is 9.59 Å². The SMILES string of the molecule is C[NH+](C(=O)O)C(=O)O. The van der Waals surface area contributed by atoms with E-state index in [9.17, 15) is 9.59 Å². The Morgan fingerprint density at radius 1 is 1.25 bits per heavy atom. The van der Waals surface area contributed by atoms with Crippen LogP contribution in [0, 0.1) is 0 Å². The third-order valence-corrected chi connectivity index (χ3v) is 0.642. The van der Waals surface area contributed by atoms with Gasteiger partial charge in [0.25, 0.3) is 0 Å². The summed E-state index contributed by atoms with van der Waals surface area (Å²) in [7, 11) is 1.03. The van der Waals surface area contributed by atoms with E-state index >= 15 is 0 Å². The zero-order valence-corrected chi connectivity index (χ0v) is 4.21. The van der Waals surface area contributed by atoms with Gasteiger partial charge in [-0.05, 0) is 0 Å². The number of nitrogens with one attached hydrogen (secondary N) is 1. The molecule has 0 aliphatic carbocycles. The average molecular weight is 120 g/mol. The van der Waals surface area contributed by atoms with Gasteiger partial charge >= 0.3 is 12.2 Å². The summed E-state index contributed by atoms with van der Waals surface area (Å²) in [5, 5.41) is 15.9. The summed E-state index contributed by atoms with van der Waals surface area (Å²) in [4.78, 5) is 18.9. The van der Waals surface area contributed by atoms with E-state index in [1.54, 1.807) is 0 Å². The number of carboxylic acid groups (broad SMARTS) is 2. The van der Waals surface area contributed by atoms with Gasteiger partial charge in [-0.25, -0.2) is 0 Å². The highest BCUT2D eigenvalue weighted by Gasteiger charge is 2.20. The molecule has 46 valence electrons. The quantitative estimate of drug-likeness (QED) is 0.377. The maximum absolute atomic E-state index is 9.72. The number of rotatable bonds is 0. The highest BCUT2D eigenvalue weighted by atomic mass is 16.4. The first-order valence-corrected chi connectivity index (χ1v) is 1.86. The minimum absolute atomic E-state index is 0.565. The van der Waals surface area contributed by atoms with E-state index < -0.39 is 17.1 Å². The van der Waals surface area contributed by atoms with Gasteiger partial charge in [0.05, 0.1) is 7.05 Å². The number of carbonyl (C=O) groups is 2. The van der Waals surface area contributed by atoms with Crippen molar-refractivity contribution in [3.8, 4) is 0 Å². The molecule has 0 aliphatic heterocycles. The van der Waals surface area contributed by atoms with Crippen molar-refractivity contribution < 1.29 is 24.7 Å².